The van der Waals surface area contributed by atoms with E-state index in [0.29, 0.717) is 27.9 Å². The molecular weight excluding hydrogens is 405 g/mol. The molecule has 142 valence electrons. The van der Waals surface area contributed by atoms with E-state index < -0.39 is 16.1 Å². The van der Waals surface area contributed by atoms with Gasteiger partial charge in [0.2, 0.25) is 10.0 Å². The van der Waals surface area contributed by atoms with Crippen LogP contribution in [0.25, 0.3) is 11.3 Å². The van der Waals surface area contributed by atoms with Gasteiger partial charge < -0.3 is 4.98 Å². The summed E-state index contributed by atoms with van der Waals surface area (Å²) in [6.45, 7) is 1.90. The molecule has 0 spiro atoms. The number of hydrogen-bond acceptors (Lipinski definition) is 3. The van der Waals surface area contributed by atoms with Crippen LogP contribution in [0.4, 0.5) is 0 Å². The molecule has 5 nitrogen and oxygen atoms in total. The van der Waals surface area contributed by atoms with Crippen molar-refractivity contribution in [2.45, 2.75) is 25.1 Å². The maximum Gasteiger partial charge on any atom is 0.216 e. The number of nitrogens with one attached hydrogen (secondary N) is 2. The Hall–Kier alpha value is -1.86. The Morgan fingerprint density at radius 2 is 1.85 bits per heavy atom. The van der Waals surface area contributed by atoms with E-state index >= 15 is 0 Å². The Balaban J connectivity index is 1.76. The van der Waals surface area contributed by atoms with Crippen molar-refractivity contribution >= 4 is 33.2 Å². The van der Waals surface area contributed by atoms with E-state index in [2.05, 4.69) is 14.7 Å². The highest BCUT2D eigenvalue weighted by Crippen LogP contribution is 2.25. The SMILES string of the molecule is CCC(NS(=O)(=O)Cc1ccc(Cl)c(Cl)c1)c1ncc(-c2ccccc2)[nH]1. The molecule has 0 bridgehead atoms. The molecule has 0 fully saturated rings. The first-order chi connectivity index (χ1) is 12.9. The minimum absolute atomic E-state index is 0.188. The highest BCUT2D eigenvalue weighted by atomic mass is 35.5. The second-order valence-corrected chi connectivity index (χ2v) is 8.70. The van der Waals surface area contributed by atoms with Gasteiger partial charge in [-0.3, -0.25) is 0 Å². The van der Waals surface area contributed by atoms with Crippen molar-refractivity contribution in [3.05, 3.63) is 76.2 Å². The molecule has 3 aromatic rings. The van der Waals surface area contributed by atoms with E-state index in [1.807, 2.05) is 37.3 Å². The molecule has 0 saturated carbocycles. The van der Waals surface area contributed by atoms with Crippen molar-refractivity contribution in [3.8, 4) is 11.3 Å². The monoisotopic (exact) mass is 423 g/mol. The van der Waals surface area contributed by atoms with Gasteiger partial charge in [-0.25, -0.2) is 18.1 Å². The van der Waals surface area contributed by atoms with Crippen LogP contribution >= 0.6 is 23.2 Å². The van der Waals surface area contributed by atoms with Crippen molar-refractivity contribution in [1.29, 1.82) is 0 Å². The maximum absolute atomic E-state index is 12.6. The molecule has 1 atom stereocenters. The Kier molecular flexibility index (Phi) is 6.22. The van der Waals surface area contributed by atoms with Crippen LogP contribution in [0.15, 0.2) is 54.7 Å². The zero-order chi connectivity index (χ0) is 19.4. The lowest BCUT2D eigenvalue weighted by Gasteiger charge is -2.15. The Bertz CT molecular complexity index is 1020. The van der Waals surface area contributed by atoms with Gasteiger partial charge in [0.1, 0.15) is 5.82 Å². The van der Waals surface area contributed by atoms with E-state index in [1.54, 1.807) is 24.4 Å². The number of sulfonamides is 1. The fraction of sp³-hybridized carbons (Fsp3) is 0.211. The molecule has 2 N–H and O–H groups in total. The molecule has 1 aromatic heterocycles. The van der Waals surface area contributed by atoms with Gasteiger partial charge in [-0.05, 0) is 29.7 Å². The fourth-order valence-electron chi connectivity index (χ4n) is 2.72. The van der Waals surface area contributed by atoms with Crippen LogP contribution in [0.5, 0.6) is 0 Å². The van der Waals surface area contributed by atoms with Gasteiger partial charge in [-0.1, -0.05) is 66.5 Å². The van der Waals surface area contributed by atoms with Gasteiger partial charge in [0, 0.05) is 0 Å². The lowest BCUT2D eigenvalue weighted by Crippen LogP contribution is -2.30. The van der Waals surface area contributed by atoms with Crippen molar-refractivity contribution in [1.82, 2.24) is 14.7 Å². The lowest BCUT2D eigenvalue weighted by molar-refractivity contribution is 0.538. The molecule has 8 heteroatoms. The lowest BCUT2D eigenvalue weighted by atomic mass is 10.2. The van der Waals surface area contributed by atoms with Crippen LogP contribution in [-0.4, -0.2) is 18.4 Å². The van der Waals surface area contributed by atoms with Crippen molar-refractivity contribution in [2.24, 2.45) is 0 Å². The summed E-state index contributed by atoms with van der Waals surface area (Å²) in [5, 5.41) is 0.719. The first-order valence-corrected chi connectivity index (χ1v) is 10.8. The first-order valence-electron chi connectivity index (χ1n) is 8.42. The third-order valence-corrected chi connectivity index (χ3v) is 6.18. The van der Waals surface area contributed by atoms with Crippen LogP contribution in [0.2, 0.25) is 10.0 Å². The molecule has 0 aliphatic heterocycles. The second kappa shape index (κ2) is 8.44. The molecule has 0 radical (unpaired) electrons. The van der Waals surface area contributed by atoms with E-state index in [9.17, 15) is 8.42 Å². The summed E-state index contributed by atoms with van der Waals surface area (Å²) >= 11 is 11.9. The number of rotatable bonds is 7. The van der Waals surface area contributed by atoms with Crippen molar-refractivity contribution < 1.29 is 8.42 Å². The highest BCUT2D eigenvalue weighted by molar-refractivity contribution is 7.88. The van der Waals surface area contributed by atoms with Crippen molar-refractivity contribution in [2.75, 3.05) is 0 Å². The van der Waals surface area contributed by atoms with Gasteiger partial charge in [0.25, 0.3) is 0 Å². The van der Waals surface area contributed by atoms with Crippen LogP contribution in [0.1, 0.15) is 30.8 Å². The summed E-state index contributed by atoms with van der Waals surface area (Å²) in [7, 11) is -3.59. The van der Waals surface area contributed by atoms with Gasteiger partial charge >= 0.3 is 0 Å². The predicted octanol–water partition coefficient (Wildman–Crippen LogP) is 4.95. The number of hydrogen-bond donors (Lipinski definition) is 2. The summed E-state index contributed by atoms with van der Waals surface area (Å²) in [6, 6.07) is 14.1. The maximum atomic E-state index is 12.6. The average Bonchev–Trinajstić information content (AvgIpc) is 3.13. The third kappa shape index (κ3) is 5.11. The van der Waals surface area contributed by atoms with Crippen molar-refractivity contribution in [3.63, 3.8) is 0 Å². The Morgan fingerprint density at radius 1 is 1.11 bits per heavy atom. The first kappa shape index (κ1) is 19.9. The van der Waals surface area contributed by atoms with Crippen LogP contribution in [0.3, 0.4) is 0 Å². The minimum atomic E-state index is -3.59. The third-order valence-electron chi connectivity index (χ3n) is 4.08. The normalized spacial score (nSPS) is 12.9. The molecular formula is C19H19Cl2N3O2S. The smallest absolute Gasteiger partial charge is 0.216 e. The molecule has 0 aliphatic rings. The number of imidazole rings is 1. The summed E-state index contributed by atoms with van der Waals surface area (Å²) in [6.07, 6.45) is 2.27. The number of nitrogens with zero attached hydrogens (tertiary/aromatic N) is 1. The summed E-state index contributed by atoms with van der Waals surface area (Å²) in [5.41, 5.74) is 2.40. The summed E-state index contributed by atoms with van der Waals surface area (Å²) in [5.74, 6) is 0.390. The zero-order valence-electron chi connectivity index (χ0n) is 14.6. The van der Waals surface area contributed by atoms with Gasteiger partial charge in [0.15, 0.2) is 0 Å². The standard InChI is InChI=1S/C19H19Cl2N3O2S/c1-2-17(19-22-11-18(23-19)14-6-4-3-5-7-14)24-27(25,26)12-13-8-9-15(20)16(21)10-13/h3-11,17,24H,2,12H2,1H3,(H,22,23). The molecule has 0 saturated heterocycles. The van der Waals surface area contributed by atoms with Crippen LogP contribution in [0, 0.1) is 0 Å². The van der Waals surface area contributed by atoms with Gasteiger partial charge in [-0.15, -0.1) is 0 Å². The van der Waals surface area contributed by atoms with E-state index in [4.69, 9.17) is 23.2 Å². The van der Waals surface area contributed by atoms with E-state index in [0.717, 1.165) is 11.3 Å². The fourth-order valence-corrected chi connectivity index (χ4v) is 4.45. The summed E-state index contributed by atoms with van der Waals surface area (Å²) in [4.78, 5) is 7.57. The van der Waals surface area contributed by atoms with Crippen LogP contribution in [-0.2, 0) is 15.8 Å². The average molecular weight is 424 g/mol. The van der Waals surface area contributed by atoms with E-state index in [-0.39, 0.29) is 5.75 Å². The predicted molar refractivity (Wildman–Crippen MR) is 109 cm³/mol. The number of aromatic amines is 1. The largest absolute Gasteiger partial charge is 0.341 e. The van der Waals surface area contributed by atoms with Crippen LogP contribution < -0.4 is 4.72 Å². The molecule has 1 unspecified atom stereocenters. The zero-order valence-corrected chi connectivity index (χ0v) is 16.9. The Labute approximate surface area is 168 Å². The number of halogens is 2. The van der Waals surface area contributed by atoms with Gasteiger partial charge in [0.05, 0.1) is 33.7 Å². The van der Waals surface area contributed by atoms with Gasteiger partial charge in [-0.2, -0.15) is 0 Å². The number of H-pyrrole nitrogens is 1. The molecule has 0 amide bonds. The Morgan fingerprint density at radius 3 is 2.52 bits per heavy atom. The molecule has 3 rings (SSSR count). The highest BCUT2D eigenvalue weighted by Gasteiger charge is 2.21. The molecule has 2 aromatic carbocycles. The second-order valence-electron chi connectivity index (χ2n) is 6.13. The topological polar surface area (TPSA) is 74.8 Å². The number of aromatic nitrogens is 2. The molecule has 27 heavy (non-hydrogen) atoms. The molecule has 0 aliphatic carbocycles. The minimum Gasteiger partial charge on any atom is -0.341 e. The number of benzene rings is 2. The molecule has 1 heterocycles. The summed E-state index contributed by atoms with van der Waals surface area (Å²) < 4.78 is 27.9. The van der Waals surface area contributed by atoms with E-state index in [1.165, 1.54) is 0 Å². The quantitative estimate of drug-likeness (QED) is 0.563.